The van der Waals surface area contributed by atoms with Gasteiger partial charge in [0.25, 0.3) is 13.4 Å². The Kier molecular flexibility index (Phi) is 3.75. The van der Waals surface area contributed by atoms with E-state index in [0.29, 0.717) is 0 Å². The van der Waals surface area contributed by atoms with E-state index in [0.717, 1.165) is 77.8 Å². The van der Waals surface area contributed by atoms with Crippen molar-refractivity contribution in [2.24, 2.45) is 0 Å². The predicted molar refractivity (Wildman–Crippen MR) is 198 cm³/mol. The largest absolute Gasteiger partial charge is 0.458 e. The van der Waals surface area contributed by atoms with Gasteiger partial charge in [-0.25, -0.2) is 0 Å². The summed E-state index contributed by atoms with van der Waals surface area (Å²) >= 11 is 0. The molecule has 0 fully saturated rings. The van der Waals surface area contributed by atoms with Crippen LogP contribution in [0.2, 0.25) is 0 Å². The van der Waals surface area contributed by atoms with Crippen LogP contribution in [0.5, 0.6) is 23.0 Å². The zero-order valence-electron chi connectivity index (χ0n) is 25.7. The average Bonchev–Trinajstić information content (AvgIpc) is 3.80. The zero-order valence-corrected chi connectivity index (χ0v) is 25.7. The van der Waals surface area contributed by atoms with Crippen molar-refractivity contribution in [3.8, 4) is 28.7 Å². The van der Waals surface area contributed by atoms with Crippen LogP contribution in [0.4, 0.5) is 0 Å². The van der Waals surface area contributed by atoms with Crippen LogP contribution >= 0.6 is 0 Å². The predicted octanol–water partition coefficient (Wildman–Crippen LogP) is 6.45. The number of fused-ring (bicyclic) bond motifs is 13. The summed E-state index contributed by atoms with van der Waals surface area (Å²) in [4.78, 5) is 0. The van der Waals surface area contributed by atoms with E-state index in [-0.39, 0.29) is 13.4 Å². The highest BCUT2D eigenvalue weighted by atomic mass is 16.5. The first-order valence-electron chi connectivity index (χ1n) is 16.8. The number of ether oxygens (including phenoxy) is 2. The zero-order chi connectivity index (χ0) is 31.3. The number of para-hydroxylation sites is 4. The maximum atomic E-state index is 6.93. The number of aromatic nitrogens is 1. The van der Waals surface area contributed by atoms with E-state index in [1.807, 2.05) is 24.3 Å². The summed E-state index contributed by atoms with van der Waals surface area (Å²) in [5, 5.41) is 7.01. The summed E-state index contributed by atoms with van der Waals surface area (Å²) in [5.41, 5.74) is 14.5. The molecule has 3 aromatic heterocycles. The number of hydrogen-bond donors (Lipinski definition) is 0. The molecule has 0 atom stereocenters. The maximum absolute atomic E-state index is 6.93. The van der Waals surface area contributed by atoms with Crippen LogP contribution < -0.4 is 42.3 Å². The second kappa shape index (κ2) is 7.69. The molecule has 7 heterocycles. The molecule has 0 saturated carbocycles. The van der Waals surface area contributed by atoms with Crippen molar-refractivity contribution >= 4 is 112 Å². The molecule has 7 aromatic carbocycles. The van der Waals surface area contributed by atoms with Crippen LogP contribution in [0.25, 0.3) is 71.4 Å². The Morgan fingerprint density at radius 2 is 0.878 bits per heavy atom. The van der Waals surface area contributed by atoms with Gasteiger partial charge in [0.2, 0.25) is 0 Å². The van der Waals surface area contributed by atoms with E-state index in [1.54, 1.807) is 0 Å². The molecule has 0 bridgehead atoms. The Labute approximate surface area is 278 Å². The fraction of sp³-hybridized carbons (Fsp3) is 0. The quantitative estimate of drug-likeness (QED) is 0.182. The molecule has 0 radical (unpaired) electrons. The highest BCUT2D eigenvalue weighted by Gasteiger charge is 2.49. The molecule has 0 saturated heterocycles. The second-order valence-corrected chi connectivity index (χ2v) is 13.9. The smallest absolute Gasteiger partial charge is 0.256 e. The lowest BCUT2D eigenvalue weighted by molar-refractivity contribution is 0.465. The number of benzene rings is 7. The normalized spacial score (nSPS) is 14.4. The summed E-state index contributed by atoms with van der Waals surface area (Å²) in [6.07, 6.45) is 0. The lowest BCUT2D eigenvalue weighted by Gasteiger charge is -2.40. The third-order valence-corrected chi connectivity index (χ3v) is 11.7. The third-order valence-electron chi connectivity index (χ3n) is 11.7. The van der Waals surface area contributed by atoms with Gasteiger partial charge in [-0.15, -0.1) is 0 Å². The van der Waals surface area contributed by atoms with Gasteiger partial charge in [0, 0.05) is 67.2 Å². The molecule has 4 aliphatic rings. The van der Waals surface area contributed by atoms with Gasteiger partial charge in [0.1, 0.15) is 45.3 Å². The highest BCUT2D eigenvalue weighted by Crippen LogP contribution is 2.44. The first kappa shape index (κ1) is 23.9. The lowest BCUT2D eigenvalue weighted by Crippen LogP contribution is -2.65. The Morgan fingerprint density at radius 1 is 0.388 bits per heavy atom. The van der Waals surface area contributed by atoms with Crippen molar-refractivity contribution < 1.29 is 18.3 Å². The van der Waals surface area contributed by atoms with Crippen molar-refractivity contribution in [2.45, 2.75) is 0 Å². The van der Waals surface area contributed by atoms with Gasteiger partial charge in [-0.1, -0.05) is 84.9 Å². The Morgan fingerprint density at radius 3 is 1.41 bits per heavy atom. The van der Waals surface area contributed by atoms with Crippen LogP contribution in [-0.4, -0.2) is 18.0 Å². The molecule has 5 nitrogen and oxygen atoms in total. The van der Waals surface area contributed by atoms with E-state index in [4.69, 9.17) is 18.3 Å². The van der Waals surface area contributed by atoms with Crippen LogP contribution in [0.15, 0.2) is 124 Å². The minimum Gasteiger partial charge on any atom is -0.458 e. The minimum absolute atomic E-state index is 0.0125. The fourth-order valence-corrected chi connectivity index (χ4v) is 9.84. The molecule has 49 heavy (non-hydrogen) atoms. The van der Waals surface area contributed by atoms with Gasteiger partial charge in [0.15, 0.2) is 0 Å². The van der Waals surface area contributed by atoms with Gasteiger partial charge >= 0.3 is 0 Å². The lowest BCUT2D eigenvalue weighted by atomic mass is 9.30. The van der Waals surface area contributed by atoms with Gasteiger partial charge in [-0.2, -0.15) is 0 Å². The van der Waals surface area contributed by atoms with E-state index < -0.39 is 0 Å². The monoisotopic (exact) mass is 623 g/mol. The standard InChI is InChI=1S/C42H19B2NO4/c1-3-13-30-20(7-1)24-15-28-34(17-32(24)46-30)48-36-19-37-39-42-38(36)43(28)26-11-5-9-22-23-10-6-12-27(41(23)45(42)40(22)26)44(39)29-16-25-21-8-2-4-14-31(21)47-33(25)18-35(29)49-37/h1-19H. The van der Waals surface area contributed by atoms with Gasteiger partial charge in [-0.3, -0.25) is 0 Å². The molecule has 0 amide bonds. The molecule has 7 heteroatoms. The van der Waals surface area contributed by atoms with E-state index >= 15 is 0 Å². The second-order valence-electron chi connectivity index (χ2n) is 13.9. The minimum atomic E-state index is -0.0125. The summed E-state index contributed by atoms with van der Waals surface area (Å²) < 4.78 is 29.1. The van der Waals surface area contributed by atoms with Crippen molar-refractivity contribution in [1.82, 2.24) is 4.57 Å². The summed E-state index contributed by atoms with van der Waals surface area (Å²) in [5.74, 6) is 3.31. The summed E-state index contributed by atoms with van der Waals surface area (Å²) in [7, 11) is 0. The van der Waals surface area contributed by atoms with E-state index in [9.17, 15) is 0 Å². The third kappa shape index (κ3) is 2.57. The van der Waals surface area contributed by atoms with Gasteiger partial charge in [0.05, 0.1) is 0 Å². The Bertz CT molecular complexity index is 3050. The fourth-order valence-electron chi connectivity index (χ4n) is 9.84. The van der Waals surface area contributed by atoms with Crippen molar-refractivity contribution in [1.29, 1.82) is 0 Å². The first-order chi connectivity index (χ1) is 24.3. The SMILES string of the molecule is c1ccc2c(c1)oc1cc3c(cc12)B1c2c(cc4c5c2-n2c6c1cccc6c1cccc(c12)B5c1cc2c(cc1O4)oc1ccccc12)O3. The van der Waals surface area contributed by atoms with Crippen molar-refractivity contribution in [2.75, 3.05) is 0 Å². The first-order valence-corrected chi connectivity index (χ1v) is 16.8. The van der Waals surface area contributed by atoms with Crippen LogP contribution in [0.1, 0.15) is 0 Å². The number of nitrogens with zero attached hydrogens (tertiary/aromatic N) is 1. The van der Waals surface area contributed by atoms with Crippen LogP contribution in [0, 0.1) is 0 Å². The molecule has 4 aliphatic heterocycles. The van der Waals surface area contributed by atoms with Crippen molar-refractivity contribution in [3.05, 3.63) is 115 Å². The summed E-state index contributed by atoms with van der Waals surface area (Å²) in [6.45, 7) is -0.0250. The number of rotatable bonds is 0. The molecule has 0 aliphatic carbocycles. The summed E-state index contributed by atoms with van der Waals surface area (Å²) in [6, 6.07) is 41.1. The highest BCUT2D eigenvalue weighted by molar-refractivity contribution is 7.03. The molecule has 222 valence electrons. The van der Waals surface area contributed by atoms with Crippen LogP contribution in [-0.2, 0) is 0 Å². The molecular formula is C42H19B2NO4. The van der Waals surface area contributed by atoms with Gasteiger partial charge in [-0.05, 0) is 44.9 Å². The Hall–Kier alpha value is -6.33. The average molecular weight is 623 g/mol. The molecule has 0 N–H and O–H groups in total. The van der Waals surface area contributed by atoms with E-state index in [1.165, 1.54) is 49.3 Å². The molecule has 0 spiro atoms. The molecule has 14 rings (SSSR count). The topological polar surface area (TPSA) is 49.7 Å². The number of hydrogen-bond acceptors (Lipinski definition) is 4. The number of furan rings is 2. The van der Waals surface area contributed by atoms with Crippen LogP contribution in [0.3, 0.4) is 0 Å². The molecule has 0 unspecified atom stereocenters. The van der Waals surface area contributed by atoms with Crippen molar-refractivity contribution in [3.63, 3.8) is 0 Å². The van der Waals surface area contributed by atoms with Gasteiger partial charge < -0.3 is 22.9 Å². The van der Waals surface area contributed by atoms with E-state index in [2.05, 4.69) is 95.6 Å². The maximum Gasteiger partial charge on any atom is 0.256 e. The molecular weight excluding hydrogens is 604 g/mol. The Balaban J connectivity index is 1.15. The molecule has 10 aromatic rings.